The highest BCUT2D eigenvalue weighted by Gasteiger charge is 2.22. The smallest absolute Gasteiger partial charge is 0.187 e. The molecule has 8 heteroatoms. The Morgan fingerprint density at radius 1 is 1.57 bits per heavy atom. The zero-order chi connectivity index (χ0) is 16.6. The van der Waals surface area contributed by atoms with Crippen LogP contribution in [0.1, 0.15) is 17.6 Å². The third kappa shape index (κ3) is 3.38. The summed E-state index contributed by atoms with van der Waals surface area (Å²) < 4.78 is 20.9. The van der Waals surface area contributed by atoms with Crippen LogP contribution >= 0.6 is 38.9 Å². The molecular formula is C15H14BrClFN3OS. The van der Waals surface area contributed by atoms with Crippen LogP contribution in [-0.4, -0.2) is 11.0 Å². The van der Waals surface area contributed by atoms with Gasteiger partial charge in [-0.3, -0.25) is 0 Å². The number of rotatable bonds is 5. The van der Waals surface area contributed by atoms with Crippen LogP contribution in [0.5, 0.6) is 0 Å². The molecule has 0 amide bonds. The van der Waals surface area contributed by atoms with Gasteiger partial charge in [0.2, 0.25) is 0 Å². The van der Waals surface area contributed by atoms with E-state index >= 15 is 0 Å². The lowest BCUT2D eigenvalue weighted by Gasteiger charge is -2.08. The molecule has 0 saturated carbocycles. The van der Waals surface area contributed by atoms with Crippen molar-refractivity contribution in [2.24, 2.45) is 5.73 Å². The first-order valence-electron chi connectivity index (χ1n) is 6.95. The van der Waals surface area contributed by atoms with Gasteiger partial charge < -0.3 is 15.5 Å². The van der Waals surface area contributed by atoms with Gasteiger partial charge in [0, 0.05) is 23.9 Å². The SMILES string of the molecule is C[C@H](N)Cc1oc2c(NCc3cccs3)c(F)c(Cl)nc2c1Br. The summed E-state index contributed by atoms with van der Waals surface area (Å²) in [5.41, 5.74) is 6.86. The highest BCUT2D eigenvalue weighted by atomic mass is 79.9. The Hall–Kier alpha value is -1.15. The van der Waals surface area contributed by atoms with E-state index in [1.165, 1.54) is 0 Å². The maximum Gasteiger partial charge on any atom is 0.187 e. The number of halogens is 3. The summed E-state index contributed by atoms with van der Waals surface area (Å²) in [6.07, 6.45) is 0.514. The zero-order valence-electron chi connectivity index (χ0n) is 12.2. The third-order valence-electron chi connectivity index (χ3n) is 3.26. The molecule has 0 spiro atoms. The summed E-state index contributed by atoms with van der Waals surface area (Å²) >= 11 is 11.0. The van der Waals surface area contributed by atoms with E-state index in [1.54, 1.807) is 11.3 Å². The fourth-order valence-electron chi connectivity index (χ4n) is 2.24. The molecule has 122 valence electrons. The van der Waals surface area contributed by atoms with Crippen molar-refractivity contribution < 1.29 is 8.81 Å². The second kappa shape index (κ2) is 6.76. The van der Waals surface area contributed by atoms with Gasteiger partial charge in [-0.15, -0.1) is 11.3 Å². The van der Waals surface area contributed by atoms with E-state index in [9.17, 15) is 4.39 Å². The van der Waals surface area contributed by atoms with Crippen molar-refractivity contribution in [2.75, 3.05) is 5.32 Å². The minimum absolute atomic E-state index is 0.0882. The fourth-order valence-corrected chi connectivity index (χ4v) is 3.57. The number of nitrogens with zero attached hydrogens (tertiary/aromatic N) is 1. The summed E-state index contributed by atoms with van der Waals surface area (Å²) in [5.74, 6) is 0.00709. The van der Waals surface area contributed by atoms with Crippen LogP contribution in [0.4, 0.5) is 10.1 Å². The molecule has 0 unspecified atom stereocenters. The minimum Gasteiger partial charge on any atom is -0.456 e. The van der Waals surface area contributed by atoms with Crippen molar-refractivity contribution >= 4 is 55.7 Å². The lowest BCUT2D eigenvalue weighted by molar-refractivity contribution is 0.520. The lowest BCUT2D eigenvalue weighted by atomic mass is 10.2. The Morgan fingerprint density at radius 2 is 2.35 bits per heavy atom. The van der Waals surface area contributed by atoms with E-state index < -0.39 is 5.82 Å². The molecule has 0 aromatic carbocycles. The van der Waals surface area contributed by atoms with Crippen molar-refractivity contribution in [3.8, 4) is 0 Å². The van der Waals surface area contributed by atoms with Gasteiger partial charge in [-0.1, -0.05) is 17.7 Å². The van der Waals surface area contributed by atoms with Crippen molar-refractivity contribution in [1.82, 2.24) is 4.98 Å². The predicted molar refractivity (Wildman–Crippen MR) is 95.7 cm³/mol. The van der Waals surface area contributed by atoms with Crippen molar-refractivity contribution in [2.45, 2.75) is 25.9 Å². The molecule has 23 heavy (non-hydrogen) atoms. The molecule has 0 aliphatic rings. The van der Waals surface area contributed by atoms with Gasteiger partial charge >= 0.3 is 0 Å². The van der Waals surface area contributed by atoms with Crippen LogP contribution in [0.15, 0.2) is 26.4 Å². The summed E-state index contributed by atoms with van der Waals surface area (Å²) in [6.45, 7) is 2.35. The summed E-state index contributed by atoms with van der Waals surface area (Å²) in [4.78, 5) is 5.16. The number of anilines is 1. The summed E-state index contributed by atoms with van der Waals surface area (Å²) in [7, 11) is 0. The van der Waals surface area contributed by atoms with E-state index in [0.29, 0.717) is 34.3 Å². The second-order valence-corrected chi connectivity index (χ2v) is 7.41. The van der Waals surface area contributed by atoms with Gasteiger partial charge in [0.05, 0.1) is 4.47 Å². The van der Waals surface area contributed by atoms with Crippen molar-refractivity contribution in [1.29, 1.82) is 0 Å². The van der Waals surface area contributed by atoms with Crippen LogP contribution in [-0.2, 0) is 13.0 Å². The Bertz CT molecular complexity index is 835. The van der Waals surface area contributed by atoms with Crippen molar-refractivity contribution in [3.63, 3.8) is 0 Å². The quantitative estimate of drug-likeness (QED) is 0.576. The monoisotopic (exact) mass is 417 g/mol. The second-order valence-electron chi connectivity index (χ2n) is 5.22. The molecule has 0 aliphatic heterocycles. The Kier molecular flexibility index (Phi) is 4.91. The minimum atomic E-state index is -0.621. The highest BCUT2D eigenvalue weighted by Crippen LogP contribution is 2.38. The Balaban J connectivity index is 2.05. The van der Waals surface area contributed by atoms with Crippen molar-refractivity contribution in [3.05, 3.63) is 43.6 Å². The highest BCUT2D eigenvalue weighted by molar-refractivity contribution is 9.10. The molecule has 4 nitrogen and oxygen atoms in total. The Labute approximate surface area is 150 Å². The third-order valence-corrected chi connectivity index (χ3v) is 5.20. The number of hydrogen-bond acceptors (Lipinski definition) is 5. The van der Waals surface area contributed by atoms with Gasteiger partial charge in [0.15, 0.2) is 16.6 Å². The number of thiophene rings is 1. The molecule has 0 bridgehead atoms. The molecule has 3 rings (SSSR count). The number of hydrogen-bond donors (Lipinski definition) is 2. The van der Waals surface area contributed by atoms with E-state index in [2.05, 4.69) is 26.2 Å². The number of fused-ring (bicyclic) bond motifs is 1. The molecule has 0 radical (unpaired) electrons. The Morgan fingerprint density at radius 3 is 3.00 bits per heavy atom. The molecule has 3 aromatic rings. The number of nitrogens with one attached hydrogen (secondary N) is 1. The first-order valence-corrected chi connectivity index (χ1v) is 9.00. The molecule has 3 N–H and O–H groups in total. The summed E-state index contributed by atoms with van der Waals surface area (Å²) in [6, 6.07) is 3.82. The van der Waals surface area contributed by atoms with Crippen LogP contribution in [0, 0.1) is 5.82 Å². The lowest BCUT2D eigenvalue weighted by Crippen LogP contribution is -2.17. The predicted octanol–water partition coefficient (Wildman–Crippen LogP) is 4.95. The first kappa shape index (κ1) is 16.7. The van der Waals surface area contributed by atoms with E-state index in [-0.39, 0.29) is 16.9 Å². The maximum absolute atomic E-state index is 14.4. The number of pyridine rings is 1. The van der Waals surface area contributed by atoms with Crippen LogP contribution < -0.4 is 11.1 Å². The molecule has 1 atom stereocenters. The number of aromatic nitrogens is 1. The average molecular weight is 419 g/mol. The molecule has 0 saturated heterocycles. The zero-order valence-corrected chi connectivity index (χ0v) is 15.4. The van der Waals surface area contributed by atoms with Gasteiger partial charge in [-0.25, -0.2) is 9.37 Å². The molecular weight excluding hydrogens is 405 g/mol. The molecule has 3 heterocycles. The summed E-state index contributed by atoms with van der Waals surface area (Å²) in [5, 5.41) is 4.83. The van der Waals surface area contributed by atoms with Gasteiger partial charge in [-0.05, 0) is 34.3 Å². The topological polar surface area (TPSA) is 64.1 Å². The number of furan rings is 1. The van der Waals surface area contributed by atoms with Gasteiger partial charge in [0.25, 0.3) is 0 Å². The average Bonchev–Trinajstić information content (AvgIpc) is 3.10. The maximum atomic E-state index is 14.4. The van der Waals surface area contributed by atoms with Gasteiger partial charge in [0.1, 0.15) is 17.0 Å². The van der Waals surface area contributed by atoms with Gasteiger partial charge in [-0.2, -0.15) is 0 Å². The van der Waals surface area contributed by atoms with Crippen LogP contribution in [0.3, 0.4) is 0 Å². The van der Waals surface area contributed by atoms with E-state index in [1.807, 2.05) is 24.4 Å². The van der Waals surface area contributed by atoms with E-state index in [4.69, 9.17) is 21.8 Å². The van der Waals surface area contributed by atoms with Crippen LogP contribution in [0.25, 0.3) is 11.1 Å². The van der Waals surface area contributed by atoms with Crippen LogP contribution in [0.2, 0.25) is 5.15 Å². The molecule has 3 aromatic heterocycles. The molecule has 0 fully saturated rings. The first-order chi connectivity index (χ1) is 11.0. The normalized spacial score (nSPS) is 12.7. The largest absolute Gasteiger partial charge is 0.456 e. The fraction of sp³-hybridized carbons (Fsp3) is 0.267. The van der Waals surface area contributed by atoms with E-state index in [0.717, 1.165) is 4.88 Å². The number of nitrogens with two attached hydrogens (primary N) is 1. The standard InChI is InChI=1S/C15H14BrClFN3OS/c1-7(19)5-9-10(16)12-14(22-9)13(11(18)15(17)21-12)20-6-8-3-2-4-23-8/h2-4,7H,5-6,19H2,1H3,(H,20,21)/t7-/m0/s1. The molecule has 0 aliphatic carbocycles.